The predicted molar refractivity (Wildman–Crippen MR) is 133 cm³/mol. The fourth-order valence-corrected chi connectivity index (χ4v) is 5.94. The smallest absolute Gasteiger partial charge is 0.313 e. The Morgan fingerprint density at radius 3 is 2.39 bits per heavy atom. The van der Waals surface area contributed by atoms with E-state index in [-0.39, 0.29) is 74.6 Å². The van der Waals surface area contributed by atoms with Gasteiger partial charge in [-0.25, -0.2) is 27.1 Å². The van der Waals surface area contributed by atoms with Gasteiger partial charge in [0.15, 0.2) is 5.65 Å². The van der Waals surface area contributed by atoms with E-state index in [0.717, 1.165) is 12.8 Å². The number of imidazole rings is 1. The highest BCUT2D eigenvalue weighted by atomic mass is 19.3. The number of amides is 2. The lowest BCUT2D eigenvalue weighted by Crippen LogP contribution is -2.39. The van der Waals surface area contributed by atoms with Crippen molar-refractivity contribution in [1.82, 2.24) is 35.5 Å². The van der Waals surface area contributed by atoms with Gasteiger partial charge in [0, 0.05) is 32.1 Å². The van der Waals surface area contributed by atoms with Gasteiger partial charge in [-0.15, -0.1) is 0 Å². The molecule has 0 aromatic carbocycles. The van der Waals surface area contributed by atoms with E-state index in [1.807, 2.05) is 5.16 Å². The number of alkyl halides is 4. The Morgan fingerprint density at radius 1 is 1.05 bits per heavy atom. The van der Waals surface area contributed by atoms with Crippen LogP contribution in [0.25, 0.3) is 5.65 Å². The molecule has 2 atom stereocenters. The number of nitrogens with zero attached hydrogens (tertiary/aromatic N) is 4. The summed E-state index contributed by atoms with van der Waals surface area (Å²) < 4.78 is 60.2. The van der Waals surface area contributed by atoms with Crippen LogP contribution < -0.4 is 16.2 Å². The summed E-state index contributed by atoms with van der Waals surface area (Å²) in [5, 5.41) is 15.5. The van der Waals surface area contributed by atoms with E-state index >= 15 is 0 Å². The Labute approximate surface area is 230 Å². The zero-order valence-electron chi connectivity index (χ0n) is 21.9. The zero-order chi connectivity index (χ0) is 28.9. The Bertz CT molecular complexity index is 1500. The first-order chi connectivity index (χ1) is 19.5. The maximum Gasteiger partial charge on any atom is 0.313 e. The van der Waals surface area contributed by atoms with Crippen LogP contribution in [-0.4, -0.2) is 48.6 Å². The van der Waals surface area contributed by atoms with Gasteiger partial charge in [-0.1, -0.05) is 0 Å². The fraction of sp³-hybridized carbons (Fsp3) is 0.615. The lowest BCUT2D eigenvalue weighted by molar-refractivity contribution is -0.134. The summed E-state index contributed by atoms with van der Waals surface area (Å²) in [6.45, 7) is 0. The molecule has 3 aliphatic carbocycles. The topological polar surface area (TPSA) is 147 Å². The van der Waals surface area contributed by atoms with Crippen molar-refractivity contribution in [3.8, 4) is 0 Å². The van der Waals surface area contributed by atoms with Crippen LogP contribution in [0.3, 0.4) is 0 Å². The second-order valence-electron chi connectivity index (χ2n) is 11.6. The zero-order valence-corrected chi connectivity index (χ0v) is 21.9. The quantitative estimate of drug-likeness (QED) is 0.328. The Morgan fingerprint density at radius 2 is 1.76 bits per heavy atom. The number of aromatic amines is 1. The molecule has 1 unspecified atom stereocenters. The van der Waals surface area contributed by atoms with Crippen LogP contribution in [0.1, 0.15) is 91.6 Å². The van der Waals surface area contributed by atoms with E-state index in [4.69, 9.17) is 0 Å². The maximum absolute atomic E-state index is 13.9. The van der Waals surface area contributed by atoms with Crippen LogP contribution in [-0.2, 0) is 4.79 Å². The molecule has 3 aliphatic rings. The van der Waals surface area contributed by atoms with Crippen molar-refractivity contribution < 1.29 is 31.8 Å². The molecule has 0 saturated heterocycles. The summed E-state index contributed by atoms with van der Waals surface area (Å²) in [6, 6.07) is 0.600. The molecule has 15 heteroatoms. The normalized spacial score (nSPS) is 22.1. The summed E-state index contributed by atoms with van der Waals surface area (Å²) in [7, 11) is 0. The van der Waals surface area contributed by atoms with Crippen LogP contribution in [0, 0.1) is 17.8 Å². The highest BCUT2D eigenvalue weighted by Crippen LogP contribution is 2.45. The molecule has 41 heavy (non-hydrogen) atoms. The largest absolute Gasteiger partial charge is 0.349 e. The summed E-state index contributed by atoms with van der Waals surface area (Å²) in [6.07, 6.45) is 4.05. The van der Waals surface area contributed by atoms with E-state index in [1.165, 1.54) is 4.52 Å². The van der Waals surface area contributed by atoms with Crippen molar-refractivity contribution in [2.75, 3.05) is 0 Å². The monoisotopic (exact) mass is 579 g/mol. The average molecular weight is 580 g/mol. The second-order valence-corrected chi connectivity index (χ2v) is 11.6. The van der Waals surface area contributed by atoms with E-state index in [9.17, 15) is 31.9 Å². The number of H-pyrrole nitrogens is 1. The van der Waals surface area contributed by atoms with E-state index < -0.39 is 35.0 Å². The van der Waals surface area contributed by atoms with Crippen molar-refractivity contribution in [3.63, 3.8) is 0 Å². The molecule has 0 radical (unpaired) electrons. The highest BCUT2D eigenvalue weighted by Gasteiger charge is 2.46. The van der Waals surface area contributed by atoms with Crippen molar-refractivity contribution >= 4 is 17.5 Å². The average Bonchev–Trinajstić information content (AvgIpc) is 3.50. The molecule has 220 valence electrons. The molecule has 3 N–H and O–H groups in total. The van der Waals surface area contributed by atoms with E-state index in [2.05, 4.69) is 30.5 Å². The Kier molecular flexibility index (Phi) is 6.85. The minimum absolute atomic E-state index is 0.0399. The van der Waals surface area contributed by atoms with Crippen molar-refractivity contribution in [3.05, 3.63) is 45.8 Å². The molecule has 0 aliphatic heterocycles. The number of carbonyl (C=O) groups excluding carboxylic acids is 2. The van der Waals surface area contributed by atoms with Crippen molar-refractivity contribution in [1.29, 1.82) is 0 Å². The van der Waals surface area contributed by atoms with Crippen LogP contribution in [0.4, 0.5) is 17.6 Å². The summed E-state index contributed by atoms with van der Waals surface area (Å²) in [4.78, 5) is 42.0. The van der Waals surface area contributed by atoms with Gasteiger partial charge in [-0.3, -0.25) is 19.0 Å². The SMILES string of the molecule is O=C(CC1CC(F)(F)C1)NC(c1cnn2cc([C@@H](NC(=O)c3no[nH]c3=O)C3CCC(F)(F)CC3)nc2c1)C1CC1. The number of halogens is 4. The highest BCUT2D eigenvalue weighted by molar-refractivity contribution is 5.91. The van der Waals surface area contributed by atoms with Crippen molar-refractivity contribution in [2.24, 2.45) is 17.8 Å². The van der Waals surface area contributed by atoms with Gasteiger partial charge in [0.2, 0.25) is 23.4 Å². The van der Waals surface area contributed by atoms with Crippen LogP contribution >= 0.6 is 0 Å². The number of hydrogen-bond acceptors (Lipinski definition) is 7. The fourth-order valence-electron chi connectivity index (χ4n) is 5.94. The van der Waals surface area contributed by atoms with Gasteiger partial charge in [0.1, 0.15) is 0 Å². The molecule has 3 saturated carbocycles. The summed E-state index contributed by atoms with van der Waals surface area (Å²) >= 11 is 0. The lowest BCUT2D eigenvalue weighted by Gasteiger charge is -2.34. The molecular formula is C26H29F4N7O4. The third-order valence-corrected chi connectivity index (χ3v) is 8.32. The number of carbonyl (C=O) groups is 2. The minimum Gasteiger partial charge on any atom is -0.349 e. The van der Waals surface area contributed by atoms with Crippen molar-refractivity contribution in [2.45, 2.75) is 81.7 Å². The molecule has 3 aromatic heterocycles. The van der Waals surface area contributed by atoms with Gasteiger partial charge in [-0.05, 0) is 60.2 Å². The van der Waals surface area contributed by atoms with Crippen LogP contribution in [0.15, 0.2) is 27.9 Å². The molecule has 3 fully saturated rings. The molecule has 11 nitrogen and oxygen atoms in total. The Hall–Kier alpha value is -3.78. The number of hydrogen-bond donors (Lipinski definition) is 3. The molecule has 6 rings (SSSR count). The molecule has 2 amide bonds. The maximum atomic E-state index is 13.9. The third kappa shape index (κ3) is 5.98. The number of rotatable bonds is 9. The minimum atomic E-state index is -2.79. The molecule has 0 bridgehead atoms. The summed E-state index contributed by atoms with van der Waals surface area (Å²) in [5.74, 6) is -7.11. The first kappa shape index (κ1) is 27.4. The number of fused-ring (bicyclic) bond motifs is 1. The first-order valence-electron chi connectivity index (χ1n) is 13.7. The van der Waals surface area contributed by atoms with Gasteiger partial charge in [-0.2, -0.15) is 10.3 Å². The van der Waals surface area contributed by atoms with E-state index in [1.54, 1.807) is 18.5 Å². The lowest BCUT2D eigenvalue weighted by atomic mass is 9.79. The molecule has 0 spiro atoms. The second kappa shape index (κ2) is 10.2. The Balaban J connectivity index is 1.23. The molecule has 3 heterocycles. The number of nitrogens with one attached hydrogen (secondary N) is 3. The van der Waals surface area contributed by atoms with E-state index in [0.29, 0.717) is 16.9 Å². The van der Waals surface area contributed by atoms with Crippen LogP contribution in [0.5, 0.6) is 0 Å². The van der Waals surface area contributed by atoms with Gasteiger partial charge in [0.05, 0.1) is 30.2 Å². The van der Waals surface area contributed by atoms with Crippen LogP contribution in [0.2, 0.25) is 0 Å². The van der Waals surface area contributed by atoms with Gasteiger partial charge < -0.3 is 10.6 Å². The van der Waals surface area contributed by atoms with Gasteiger partial charge >= 0.3 is 5.56 Å². The molecule has 3 aromatic rings. The number of aromatic nitrogens is 5. The van der Waals surface area contributed by atoms with Gasteiger partial charge in [0.25, 0.3) is 5.91 Å². The molecular weight excluding hydrogens is 550 g/mol. The standard InChI is InChI=1S/C26H29F4N7O4/c27-25(28)5-3-15(4-6-25)21(34-23(39)22-24(40)36-41-35-22)17-12-37-18(32-17)8-16(11-31-37)20(14-1-2-14)33-19(38)7-13-9-26(29,30)10-13/h8,11-15,20-21H,1-7,9-10H2,(H,33,38)(H,34,39)(H,36,40)/t20?,21-/m0/s1. The third-order valence-electron chi connectivity index (χ3n) is 8.32. The predicted octanol–water partition coefficient (Wildman–Crippen LogP) is 3.70. The summed E-state index contributed by atoms with van der Waals surface area (Å²) in [5.41, 5.74) is 0.175. The first-order valence-corrected chi connectivity index (χ1v) is 13.7.